The summed E-state index contributed by atoms with van der Waals surface area (Å²) in [5.74, 6) is 0. The molecule has 0 aromatic rings. The van der Waals surface area contributed by atoms with Gasteiger partial charge in [0.05, 0.1) is 0 Å². The van der Waals surface area contributed by atoms with Gasteiger partial charge in [0.1, 0.15) is 0 Å². The van der Waals surface area contributed by atoms with Gasteiger partial charge < -0.3 is 0 Å². The Labute approximate surface area is 70.4 Å². The first-order chi connectivity index (χ1) is 4.00. The number of hydrogen-bond donors (Lipinski definition) is 0. The van der Waals surface area contributed by atoms with Crippen molar-refractivity contribution in [1.82, 2.24) is 0 Å². The van der Waals surface area contributed by atoms with E-state index in [1.807, 2.05) is 36.4 Å². The van der Waals surface area contributed by atoms with Crippen molar-refractivity contribution in [3.05, 3.63) is 0 Å². The molecule has 0 aliphatic heterocycles. The predicted molar refractivity (Wildman–Crippen MR) is 47.7 cm³/mol. The Hall–Kier alpha value is 0.400. The Bertz CT molecular complexity index is 107. The van der Waals surface area contributed by atoms with Crippen molar-refractivity contribution < 1.29 is 4.79 Å². The molecule has 0 aliphatic rings. The Morgan fingerprint density at radius 1 is 1.56 bits per heavy atom. The van der Waals surface area contributed by atoms with Crippen LogP contribution in [0.25, 0.3) is 0 Å². The van der Waals surface area contributed by atoms with Gasteiger partial charge in [-0.3, -0.25) is 4.79 Å². The van der Waals surface area contributed by atoms with Crippen LogP contribution in [0.2, 0.25) is 0 Å². The van der Waals surface area contributed by atoms with E-state index in [1.165, 1.54) is 0 Å². The highest BCUT2D eigenvalue weighted by Crippen LogP contribution is 2.25. The quantitative estimate of drug-likeness (QED) is 0.547. The summed E-state index contributed by atoms with van der Waals surface area (Å²) in [6.07, 6.45) is 2.08. The lowest BCUT2D eigenvalue weighted by atomic mass is 9.90. The highest BCUT2D eigenvalue weighted by molar-refractivity contribution is 14.1. The molecular formula is C7H13IO. The van der Waals surface area contributed by atoms with E-state index in [2.05, 4.69) is 6.92 Å². The summed E-state index contributed by atoms with van der Waals surface area (Å²) in [6, 6.07) is 0. The Morgan fingerprint density at radius 3 is 2.11 bits per heavy atom. The van der Waals surface area contributed by atoms with Crippen molar-refractivity contribution >= 4 is 26.4 Å². The molecule has 0 aromatic carbocycles. The Kier molecular flexibility index (Phi) is 3.70. The first kappa shape index (κ1) is 9.40. The minimum absolute atomic E-state index is 0.102. The van der Waals surface area contributed by atoms with Crippen LogP contribution >= 0.6 is 22.6 Å². The zero-order valence-corrected chi connectivity index (χ0v) is 8.36. The predicted octanol–water partition coefficient (Wildman–Crippen LogP) is 2.77. The molecule has 0 unspecified atom stereocenters. The van der Waals surface area contributed by atoms with Crippen LogP contribution in [0.3, 0.4) is 0 Å². The summed E-state index contributed by atoms with van der Waals surface area (Å²) < 4.78 is 0.266. The van der Waals surface area contributed by atoms with E-state index in [-0.39, 0.29) is 9.20 Å². The molecule has 0 N–H and O–H groups in total. The Morgan fingerprint density at radius 2 is 2.00 bits per heavy atom. The Balaban J connectivity index is 3.85. The van der Waals surface area contributed by atoms with E-state index < -0.39 is 0 Å². The fourth-order valence-electron chi connectivity index (χ4n) is 0.723. The minimum atomic E-state index is -0.102. The van der Waals surface area contributed by atoms with Crippen LogP contribution in [0.4, 0.5) is 0 Å². The molecule has 0 aliphatic carbocycles. The van der Waals surface area contributed by atoms with Crippen molar-refractivity contribution in [2.24, 2.45) is 5.41 Å². The second-order valence-electron chi connectivity index (χ2n) is 2.91. The van der Waals surface area contributed by atoms with Gasteiger partial charge in [-0.25, -0.2) is 0 Å². The van der Waals surface area contributed by atoms with Gasteiger partial charge in [0.2, 0.25) is 0 Å². The van der Waals surface area contributed by atoms with Gasteiger partial charge in [-0.2, -0.15) is 0 Å². The molecule has 0 saturated carbocycles. The third kappa shape index (κ3) is 3.18. The maximum absolute atomic E-state index is 10.8. The van der Waals surface area contributed by atoms with Crippen LogP contribution < -0.4 is 0 Å². The smallest absolute Gasteiger partial charge is 0.197 e. The molecule has 0 atom stereocenters. The van der Waals surface area contributed by atoms with Crippen LogP contribution in [0.15, 0.2) is 0 Å². The summed E-state index contributed by atoms with van der Waals surface area (Å²) in [5, 5.41) is 0. The highest BCUT2D eigenvalue weighted by atomic mass is 127. The maximum atomic E-state index is 10.8. The number of carbonyl (C=O) groups is 1. The molecule has 0 bridgehead atoms. The van der Waals surface area contributed by atoms with Gasteiger partial charge in [0, 0.05) is 28.0 Å². The summed E-state index contributed by atoms with van der Waals surface area (Å²) in [6.45, 7) is 6.08. The van der Waals surface area contributed by atoms with Crippen molar-refractivity contribution in [3.63, 3.8) is 0 Å². The molecule has 9 heavy (non-hydrogen) atoms. The van der Waals surface area contributed by atoms with E-state index in [0.29, 0.717) is 0 Å². The molecule has 0 fully saturated rings. The summed E-state index contributed by atoms with van der Waals surface area (Å²) in [5.41, 5.74) is -0.102. The molecular weight excluding hydrogens is 227 g/mol. The fraction of sp³-hybridized carbons (Fsp3) is 0.857. The van der Waals surface area contributed by atoms with Crippen LogP contribution in [0.5, 0.6) is 0 Å². The van der Waals surface area contributed by atoms with Crippen molar-refractivity contribution in [1.29, 1.82) is 0 Å². The van der Waals surface area contributed by atoms with Gasteiger partial charge >= 0.3 is 0 Å². The molecule has 2 heteroatoms. The molecule has 1 nitrogen and oxygen atoms in total. The lowest BCUT2D eigenvalue weighted by molar-refractivity contribution is -0.116. The van der Waals surface area contributed by atoms with Crippen LogP contribution in [0.1, 0.15) is 33.6 Å². The van der Waals surface area contributed by atoms with E-state index in [0.717, 1.165) is 12.8 Å². The van der Waals surface area contributed by atoms with E-state index in [4.69, 9.17) is 0 Å². The second-order valence-corrected chi connectivity index (χ2v) is 3.89. The average Bonchev–Trinajstić information content (AvgIpc) is 1.65. The lowest BCUT2D eigenvalue weighted by Gasteiger charge is -2.17. The average molecular weight is 240 g/mol. The van der Waals surface area contributed by atoms with Gasteiger partial charge in [0.25, 0.3) is 0 Å². The van der Waals surface area contributed by atoms with Gasteiger partial charge in [-0.15, -0.1) is 0 Å². The standard InChI is InChI=1S/C7H13IO/c1-4-5-7(2,3)6(8)9/h4-5H2,1-3H3. The van der Waals surface area contributed by atoms with Crippen LogP contribution in [-0.2, 0) is 4.79 Å². The van der Waals surface area contributed by atoms with Crippen LogP contribution in [0, 0.1) is 5.41 Å². The second kappa shape index (κ2) is 3.54. The summed E-state index contributed by atoms with van der Waals surface area (Å²) >= 11 is 1.87. The van der Waals surface area contributed by atoms with Crippen LogP contribution in [-0.4, -0.2) is 3.79 Å². The van der Waals surface area contributed by atoms with Gasteiger partial charge in [-0.1, -0.05) is 27.2 Å². The molecule has 0 saturated heterocycles. The van der Waals surface area contributed by atoms with Crippen molar-refractivity contribution in [2.45, 2.75) is 33.6 Å². The highest BCUT2D eigenvalue weighted by Gasteiger charge is 2.23. The lowest BCUT2D eigenvalue weighted by Crippen LogP contribution is -2.17. The fourth-order valence-corrected chi connectivity index (χ4v) is 0.993. The first-order valence-corrected chi connectivity index (χ1v) is 4.28. The third-order valence-corrected chi connectivity index (χ3v) is 2.87. The molecule has 0 amide bonds. The van der Waals surface area contributed by atoms with E-state index in [9.17, 15) is 4.79 Å². The maximum Gasteiger partial charge on any atom is 0.197 e. The SMILES string of the molecule is CCCC(C)(C)C(=O)I. The van der Waals surface area contributed by atoms with E-state index in [1.54, 1.807) is 0 Å². The normalized spacial score (nSPS) is 11.6. The minimum Gasteiger partial charge on any atom is -0.287 e. The van der Waals surface area contributed by atoms with Crippen molar-refractivity contribution in [3.8, 4) is 0 Å². The molecule has 54 valence electrons. The number of hydrogen-bond acceptors (Lipinski definition) is 1. The monoisotopic (exact) mass is 240 g/mol. The largest absolute Gasteiger partial charge is 0.287 e. The topological polar surface area (TPSA) is 17.1 Å². The first-order valence-electron chi connectivity index (χ1n) is 3.20. The van der Waals surface area contributed by atoms with Gasteiger partial charge in [0.15, 0.2) is 3.79 Å². The molecule has 0 rings (SSSR count). The molecule has 0 aromatic heterocycles. The third-order valence-electron chi connectivity index (χ3n) is 1.41. The number of rotatable bonds is 3. The van der Waals surface area contributed by atoms with Crippen molar-refractivity contribution in [2.75, 3.05) is 0 Å². The number of halogens is 1. The molecule has 0 radical (unpaired) electrons. The zero-order valence-electron chi connectivity index (χ0n) is 6.20. The number of carbonyl (C=O) groups excluding carboxylic acids is 1. The van der Waals surface area contributed by atoms with Gasteiger partial charge in [-0.05, 0) is 6.42 Å². The molecule has 0 heterocycles. The summed E-state index contributed by atoms with van der Waals surface area (Å²) in [4.78, 5) is 10.8. The zero-order chi connectivity index (χ0) is 7.49. The molecule has 0 spiro atoms. The summed E-state index contributed by atoms with van der Waals surface area (Å²) in [7, 11) is 0. The van der Waals surface area contributed by atoms with E-state index >= 15 is 0 Å².